The normalized spacial score (nSPS) is 14.4. The first kappa shape index (κ1) is 19.0. The Labute approximate surface area is 160 Å². The quantitative estimate of drug-likeness (QED) is 0.834. The van der Waals surface area contributed by atoms with Crippen molar-refractivity contribution in [1.29, 1.82) is 0 Å². The van der Waals surface area contributed by atoms with Gasteiger partial charge in [0.15, 0.2) is 0 Å². The molecule has 6 nitrogen and oxygen atoms in total. The molecule has 1 saturated heterocycles. The van der Waals surface area contributed by atoms with Gasteiger partial charge in [-0.25, -0.2) is 4.79 Å². The number of benzene rings is 1. The number of amides is 2. The van der Waals surface area contributed by atoms with E-state index in [1.807, 2.05) is 43.9 Å². The van der Waals surface area contributed by atoms with Crippen LogP contribution in [-0.4, -0.2) is 59.2 Å². The van der Waals surface area contributed by atoms with Gasteiger partial charge in [0.05, 0.1) is 17.9 Å². The van der Waals surface area contributed by atoms with Gasteiger partial charge in [0, 0.05) is 37.6 Å². The minimum absolute atomic E-state index is 0.00436. The van der Waals surface area contributed by atoms with Crippen LogP contribution in [0.5, 0.6) is 0 Å². The molecule has 1 aromatic heterocycles. The Morgan fingerprint density at radius 3 is 2.11 bits per heavy atom. The summed E-state index contributed by atoms with van der Waals surface area (Å²) < 4.78 is 7.16. The fourth-order valence-corrected chi connectivity index (χ4v) is 3.54. The smallest absolute Gasteiger partial charge is 0.409 e. The molecule has 0 atom stereocenters. The third-order valence-electron chi connectivity index (χ3n) is 4.99. The van der Waals surface area contributed by atoms with Crippen LogP contribution in [0.25, 0.3) is 5.69 Å². The lowest BCUT2D eigenvalue weighted by Gasteiger charge is -2.34. The van der Waals surface area contributed by atoms with Crippen LogP contribution in [0.1, 0.15) is 34.2 Å². The fourth-order valence-electron chi connectivity index (χ4n) is 3.54. The Hall–Kier alpha value is -2.76. The number of hydrogen-bond acceptors (Lipinski definition) is 3. The number of aryl methyl sites for hydroxylation is 3. The van der Waals surface area contributed by atoms with Gasteiger partial charge in [-0.15, -0.1) is 0 Å². The van der Waals surface area contributed by atoms with Gasteiger partial charge in [0.2, 0.25) is 0 Å². The van der Waals surface area contributed by atoms with E-state index in [0.717, 1.165) is 22.6 Å². The van der Waals surface area contributed by atoms with E-state index < -0.39 is 0 Å². The van der Waals surface area contributed by atoms with Crippen molar-refractivity contribution < 1.29 is 14.3 Å². The first-order valence-corrected chi connectivity index (χ1v) is 9.39. The summed E-state index contributed by atoms with van der Waals surface area (Å²) in [5, 5.41) is 0. The van der Waals surface area contributed by atoms with Gasteiger partial charge in [0.1, 0.15) is 0 Å². The highest BCUT2D eigenvalue weighted by molar-refractivity contribution is 5.98. The highest BCUT2D eigenvalue weighted by atomic mass is 16.6. The van der Waals surface area contributed by atoms with E-state index in [2.05, 4.69) is 16.7 Å². The van der Waals surface area contributed by atoms with Crippen LogP contribution in [0.3, 0.4) is 0 Å². The number of carbonyl (C=O) groups is 2. The molecule has 0 radical (unpaired) electrons. The minimum Gasteiger partial charge on any atom is -0.450 e. The van der Waals surface area contributed by atoms with Crippen molar-refractivity contribution in [2.45, 2.75) is 27.7 Å². The molecule has 27 heavy (non-hydrogen) atoms. The molecule has 1 aliphatic rings. The van der Waals surface area contributed by atoms with Crippen molar-refractivity contribution in [3.63, 3.8) is 0 Å². The van der Waals surface area contributed by atoms with E-state index in [-0.39, 0.29) is 12.0 Å². The Morgan fingerprint density at radius 2 is 1.52 bits per heavy atom. The van der Waals surface area contributed by atoms with E-state index in [4.69, 9.17) is 4.74 Å². The van der Waals surface area contributed by atoms with E-state index >= 15 is 0 Å². The number of carbonyl (C=O) groups excluding carboxylic acids is 2. The summed E-state index contributed by atoms with van der Waals surface area (Å²) in [5.41, 5.74) is 4.84. The lowest BCUT2D eigenvalue weighted by atomic mass is 10.1. The third-order valence-corrected chi connectivity index (χ3v) is 4.99. The molecule has 0 unspecified atom stereocenters. The van der Waals surface area contributed by atoms with Gasteiger partial charge < -0.3 is 19.1 Å². The molecule has 2 aromatic rings. The van der Waals surface area contributed by atoms with Crippen molar-refractivity contribution in [2.24, 2.45) is 0 Å². The van der Waals surface area contributed by atoms with Gasteiger partial charge in [0.25, 0.3) is 5.91 Å². The summed E-state index contributed by atoms with van der Waals surface area (Å²) >= 11 is 0. The molecule has 1 aromatic carbocycles. The summed E-state index contributed by atoms with van der Waals surface area (Å²) in [6.45, 7) is 10.2. The number of aromatic nitrogens is 1. The van der Waals surface area contributed by atoms with Crippen LogP contribution in [-0.2, 0) is 4.74 Å². The average Bonchev–Trinajstić information content (AvgIpc) is 3.00. The lowest BCUT2D eigenvalue weighted by molar-refractivity contribution is 0.0570. The van der Waals surface area contributed by atoms with Crippen molar-refractivity contribution in [3.05, 3.63) is 52.8 Å². The van der Waals surface area contributed by atoms with Crippen molar-refractivity contribution in [2.75, 3.05) is 32.8 Å². The minimum atomic E-state index is -0.306. The highest BCUT2D eigenvalue weighted by Gasteiger charge is 2.27. The van der Waals surface area contributed by atoms with E-state index in [9.17, 15) is 9.59 Å². The van der Waals surface area contributed by atoms with Crippen molar-refractivity contribution in [3.8, 4) is 5.69 Å². The molecule has 144 valence electrons. The zero-order valence-corrected chi connectivity index (χ0v) is 16.5. The molecule has 1 fully saturated rings. The van der Waals surface area contributed by atoms with Crippen molar-refractivity contribution >= 4 is 12.0 Å². The number of ether oxygens (including phenoxy) is 1. The molecule has 2 heterocycles. The Kier molecular flexibility index (Phi) is 5.54. The zero-order valence-electron chi connectivity index (χ0n) is 16.5. The Bertz CT molecular complexity index is 829. The van der Waals surface area contributed by atoms with Crippen LogP contribution in [0, 0.1) is 20.8 Å². The number of nitrogens with zero attached hydrogens (tertiary/aromatic N) is 3. The zero-order chi connectivity index (χ0) is 19.6. The van der Waals surface area contributed by atoms with Crippen LogP contribution in [0.15, 0.2) is 30.3 Å². The summed E-state index contributed by atoms with van der Waals surface area (Å²) in [6, 6.07) is 10.1. The maximum Gasteiger partial charge on any atom is 0.409 e. The van der Waals surface area contributed by atoms with Crippen LogP contribution in [0.4, 0.5) is 4.79 Å². The second-order valence-corrected chi connectivity index (χ2v) is 6.95. The second kappa shape index (κ2) is 7.86. The van der Waals surface area contributed by atoms with E-state index in [1.165, 1.54) is 0 Å². The number of hydrogen-bond donors (Lipinski definition) is 0. The van der Waals surface area contributed by atoms with Gasteiger partial charge in [-0.05, 0) is 52.0 Å². The molecular weight excluding hydrogens is 342 g/mol. The van der Waals surface area contributed by atoms with Crippen LogP contribution >= 0.6 is 0 Å². The Morgan fingerprint density at radius 1 is 0.926 bits per heavy atom. The molecule has 1 aliphatic heterocycles. The summed E-state index contributed by atoms with van der Waals surface area (Å²) in [5.74, 6) is 0.00436. The molecular formula is C21H27N3O3. The van der Waals surface area contributed by atoms with Gasteiger partial charge in [-0.3, -0.25) is 4.79 Å². The van der Waals surface area contributed by atoms with Crippen molar-refractivity contribution in [1.82, 2.24) is 14.4 Å². The molecule has 0 saturated carbocycles. The monoisotopic (exact) mass is 369 g/mol. The first-order chi connectivity index (χ1) is 12.9. The maximum absolute atomic E-state index is 13.3. The molecule has 0 bridgehead atoms. The third kappa shape index (κ3) is 3.84. The van der Waals surface area contributed by atoms with Gasteiger partial charge in [-0.2, -0.15) is 0 Å². The predicted molar refractivity (Wildman–Crippen MR) is 104 cm³/mol. The SMILES string of the molecule is CCOC(=O)N1CCN(C(=O)c2cc(C)ccc2-n2c(C)ccc2C)CC1. The predicted octanol–water partition coefficient (Wildman–Crippen LogP) is 3.32. The Balaban J connectivity index is 1.84. The number of piperazine rings is 1. The van der Waals surface area contributed by atoms with Crippen LogP contribution < -0.4 is 0 Å². The molecule has 0 N–H and O–H groups in total. The molecule has 0 aliphatic carbocycles. The van der Waals surface area contributed by atoms with E-state index in [1.54, 1.807) is 11.8 Å². The van der Waals surface area contributed by atoms with E-state index in [0.29, 0.717) is 38.3 Å². The lowest BCUT2D eigenvalue weighted by Crippen LogP contribution is -2.50. The average molecular weight is 369 g/mol. The second-order valence-electron chi connectivity index (χ2n) is 6.95. The first-order valence-electron chi connectivity index (χ1n) is 9.39. The molecule has 2 amide bonds. The van der Waals surface area contributed by atoms with Crippen LogP contribution in [0.2, 0.25) is 0 Å². The topological polar surface area (TPSA) is 54.8 Å². The van der Waals surface area contributed by atoms with Gasteiger partial charge in [-0.1, -0.05) is 11.6 Å². The fraction of sp³-hybridized carbons (Fsp3) is 0.429. The summed E-state index contributed by atoms with van der Waals surface area (Å²) in [4.78, 5) is 28.6. The van der Waals surface area contributed by atoms with Gasteiger partial charge >= 0.3 is 6.09 Å². The number of rotatable bonds is 3. The largest absolute Gasteiger partial charge is 0.450 e. The molecule has 6 heteroatoms. The summed E-state index contributed by atoms with van der Waals surface area (Å²) in [7, 11) is 0. The molecule has 3 rings (SSSR count). The standard InChI is InChI=1S/C21H27N3O3/c1-5-27-21(26)23-12-10-22(11-13-23)20(25)18-14-15(2)6-9-19(18)24-16(3)7-8-17(24)4/h6-9,14H,5,10-13H2,1-4H3. The maximum atomic E-state index is 13.3. The molecule has 0 spiro atoms. The summed E-state index contributed by atoms with van der Waals surface area (Å²) in [6.07, 6.45) is -0.306. The highest BCUT2D eigenvalue weighted by Crippen LogP contribution is 2.23.